The molecule has 0 aliphatic carbocycles. The van der Waals surface area contributed by atoms with Gasteiger partial charge in [0, 0.05) is 10.7 Å². The molecule has 4 nitrogen and oxygen atoms in total. The van der Waals surface area contributed by atoms with Gasteiger partial charge >= 0.3 is 0 Å². The lowest BCUT2D eigenvalue weighted by atomic mass is 10.1. The molecule has 2 aromatic carbocycles. The normalized spacial score (nSPS) is 15.6. The van der Waals surface area contributed by atoms with Crippen molar-refractivity contribution >= 4 is 46.3 Å². The van der Waals surface area contributed by atoms with Crippen LogP contribution in [0.2, 0.25) is 5.02 Å². The monoisotopic (exact) mass is 400 g/mol. The summed E-state index contributed by atoms with van der Waals surface area (Å²) in [6, 6.07) is 15.2. The van der Waals surface area contributed by atoms with Crippen molar-refractivity contribution in [1.82, 2.24) is 4.90 Å². The van der Waals surface area contributed by atoms with E-state index in [1.54, 1.807) is 18.2 Å². The van der Waals surface area contributed by atoms with E-state index in [0.29, 0.717) is 9.93 Å². The van der Waals surface area contributed by atoms with Crippen molar-refractivity contribution in [2.75, 3.05) is 12.0 Å². The summed E-state index contributed by atoms with van der Waals surface area (Å²) in [4.78, 5) is 26.4. The molecule has 1 heterocycles. The molecule has 1 saturated heterocycles. The summed E-state index contributed by atoms with van der Waals surface area (Å²) in [7, 11) is 0. The van der Waals surface area contributed by atoms with E-state index in [0.717, 1.165) is 29.4 Å². The molecule has 0 bridgehead atoms. The zero-order chi connectivity index (χ0) is 19.2. The Morgan fingerprint density at radius 1 is 1.07 bits per heavy atom. The third-order valence-electron chi connectivity index (χ3n) is 4.26. The number of rotatable bonds is 7. The first-order valence-electron chi connectivity index (χ1n) is 8.90. The Labute approximate surface area is 168 Å². The van der Waals surface area contributed by atoms with E-state index in [2.05, 4.69) is 24.4 Å². The van der Waals surface area contributed by atoms with Gasteiger partial charge in [0.25, 0.3) is 11.1 Å². The van der Waals surface area contributed by atoms with Gasteiger partial charge in [-0.25, -0.2) is 0 Å². The lowest BCUT2D eigenvalue weighted by molar-refractivity contribution is -0.122. The molecule has 0 atom stereocenters. The van der Waals surface area contributed by atoms with Crippen molar-refractivity contribution in [3.8, 4) is 0 Å². The van der Waals surface area contributed by atoms with Crippen molar-refractivity contribution in [2.24, 2.45) is 0 Å². The number of hydrogen-bond acceptors (Lipinski definition) is 4. The van der Waals surface area contributed by atoms with Gasteiger partial charge < -0.3 is 5.32 Å². The third-order valence-corrected chi connectivity index (χ3v) is 5.41. The highest BCUT2D eigenvalue weighted by Crippen LogP contribution is 2.32. The summed E-state index contributed by atoms with van der Waals surface area (Å²) < 4.78 is 0. The molecule has 0 radical (unpaired) electrons. The average molecular weight is 401 g/mol. The number of hydrogen-bond donors (Lipinski definition) is 1. The van der Waals surface area contributed by atoms with Gasteiger partial charge in [-0.05, 0) is 66.1 Å². The predicted molar refractivity (Wildman–Crippen MR) is 113 cm³/mol. The van der Waals surface area contributed by atoms with Gasteiger partial charge in [0.1, 0.15) is 0 Å². The number of halogens is 1. The fourth-order valence-corrected chi connectivity index (χ4v) is 3.65. The molecule has 0 saturated carbocycles. The van der Waals surface area contributed by atoms with Gasteiger partial charge in [-0.3, -0.25) is 14.5 Å². The van der Waals surface area contributed by atoms with Crippen LogP contribution in [0.15, 0.2) is 53.4 Å². The van der Waals surface area contributed by atoms with Gasteiger partial charge in [-0.1, -0.05) is 49.2 Å². The minimum atomic E-state index is -0.285. The number of anilines is 1. The molecule has 1 N–H and O–H groups in total. The molecule has 3 rings (SSSR count). The maximum Gasteiger partial charge on any atom is 0.295 e. The van der Waals surface area contributed by atoms with Crippen molar-refractivity contribution in [3.05, 3.63) is 69.6 Å². The number of carbonyl (C=O) groups excluding carboxylic acids is 2. The van der Waals surface area contributed by atoms with E-state index in [9.17, 15) is 9.59 Å². The second-order valence-electron chi connectivity index (χ2n) is 6.30. The molecule has 6 heteroatoms. The molecular formula is C21H21ClN2O2S. The summed E-state index contributed by atoms with van der Waals surface area (Å²) in [5.74, 6) is -0.285. The summed E-state index contributed by atoms with van der Waals surface area (Å²) >= 11 is 6.83. The van der Waals surface area contributed by atoms with Crippen LogP contribution in [-0.4, -0.2) is 22.7 Å². The maximum absolute atomic E-state index is 12.5. The number of imide groups is 1. The summed E-state index contributed by atoms with van der Waals surface area (Å²) in [5, 5.41) is 3.51. The molecule has 0 spiro atoms. The first-order valence-corrected chi connectivity index (χ1v) is 10.1. The Balaban J connectivity index is 1.61. The molecule has 0 aromatic heterocycles. The fraction of sp³-hybridized carbons (Fsp3) is 0.238. The second-order valence-corrected chi connectivity index (χ2v) is 7.73. The first kappa shape index (κ1) is 19.5. The van der Waals surface area contributed by atoms with E-state index in [4.69, 9.17) is 11.6 Å². The van der Waals surface area contributed by atoms with Gasteiger partial charge in [0.15, 0.2) is 0 Å². The molecular weight excluding hydrogens is 380 g/mol. The molecule has 2 aromatic rings. The highest BCUT2D eigenvalue weighted by molar-refractivity contribution is 8.18. The highest BCUT2D eigenvalue weighted by Gasteiger charge is 2.34. The van der Waals surface area contributed by atoms with Crippen molar-refractivity contribution in [1.29, 1.82) is 0 Å². The van der Waals surface area contributed by atoms with Crippen LogP contribution >= 0.6 is 23.4 Å². The SMILES string of the molecule is CCCCc1ccc(NCN2C(=O)S/C(=C/c3ccc(Cl)cc3)C2=O)cc1. The zero-order valence-electron chi connectivity index (χ0n) is 15.1. The van der Waals surface area contributed by atoms with E-state index in [1.807, 2.05) is 24.3 Å². The lowest BCUT2D eigenvalue weighted by Crippen LogP contribution is -2.33. The van der Waals surface area contributed by atoms with Crippen molar-refractivity contribution in [3.63, 3.8) is 0 Å². The van der Waals surface area contributed by atoms with Crippen LogP contribution in [0.4, 0.5) is 10.5 Å². The average Bonchev–Trinajstić information content (AvgIpc) is 2.94. The fourth-order valence-electron chi connectivity index (χ4n) is 2.69. The summed E-state index contributed by atoms with van der Waals surface area (Å²) in [6.45, 7) is 2.32. The Hall–Kier alpha value is -2.24. The minimum Gasteiger partial charge on any atom is -0.367 e. The van der Waals surface area contributed by atoms with Gasteiger partial charge in [-0.2, -0.15) is 0 Å². The van der Waals surface area contributed by atoms with E-state index in [-0.39, 0.29) is 17.8 Å². The smallest absolute Gasteiger partial charge is 0.295 e. The Kier molecular flexibility index (Phi) is 6.58. The Bertz CT molecular complexity index is 847. The van der Waals surface area contributed by atoms with Gasteiger partial charge in [0.2, 0.25) is 0 Å². The zero-order valence-corrected chi connectivity index (χ0v) is 16.6. The largest absolute Gasteiger partial charge is 0.367 e. The standard InChI is InChI=1S/C21H21ClN2O2S/c1-2-3-4-15-7-11-18(12-8-15)23-14-24-20(25)19(27-21(24)26)13-16-5-9-17(22)10-6-16/h5-13,23H,2-4,14H2,1H3/b19-13+. The number of nitrogens with zero attached hydrogens (tertiary/aromatic N) is 1. The molecule has 1 aliphatic heterocycles. The number of aryl methyl sites for hydroxylation is 1. The van der Waals surface area contributed by atoms with Crippen LogP contribution < -0.4 is 5.32 Å². The quantitative estimate of drug-likeness (QED) is 0.597. The van der Waals surface area contributed by atoms with Crippen molar-refractivity contribution in [2.45, 2.75) is 26.2 Å². The van der Waals surface area contributed by atoms with Crippen LogP contribution in [-0.2, 0) is 11.2 Å². The molecule has 140 valence electrons. The van der Waals surface area contributed by atoms with E-state index < -0.39 is 0 Å². The topological polar surface area (TPSA) is 49.4 Å². The predicted octanol–water partition coefficient (Wildman–Crippen LogP) is 5.79. The first-order chi connectivity index (χ1) is 13.1. The maximum atomic E-state index is 12.5. The van der Waals surface area contributed by atoms with Crippen LogP contribution in [0.5, 0.6) is 0 Å². The van der Waals surface area contributed by atoms with Crippen LogP contribution in [0, 0.1) is 0 Å². The molecule has 1 fully saturated rings. The second kappa shape index (κ2) is 9.11. The van der Waals surface area contributed by atoms with Gasteiger partial charge in [0.05, 0.1) is 11.6 Å². The van der Waals surface area contributed by atoms with E-state index >= 15 is 0 Å². The molecule has 27 heavy (non-hydrogen) atoms. The van der Waals surface area contributed by atoms with Crippen LogP contribution in [0.3, 0.4) is 0 Å². The van der Waals surface area contributed by atoms with E-state index in [1.165, 1.54) is 23.3 Å². The minimum absolute atomic E-state index is 0.150. The van der Waals surface area contributed by atoms with Crippen molar-refractivity contribution < 1.29 is 9.59 Å². The number of amides is 2. The Morgan fingerprint density at radius 3 is 2.44 bits per heavy atom. The number of unbranched alkanes of at least 4 members (excludes halogenated alkanes) is 1. The number of thioether (sulfide) groups is 1. The lowest BCUT2D eigenvalue weighted by Gasteiger charge is -2.14. The molecule has 1 aliphatic rings. The number of nitrogens with one attached hydrogen (secondary N) is 1. The van der Waals surface area contributed by atoms with Crippen LogP contribution in [0.25, 0.3) is 6.08 Å². The third kappa shape index (κ3) is 5.15. The van der Waals surface area contributed by atoms with Crippen LogP contribution in [0.1, 0.15) is 30.9 Å². The Morgan fingerprint density at radius 2 is 1.78 bits per heavy atom. The molecule has 2 amide bonds. The highest BCUT2D eigenvalue weighted by atomic mass is 35.5. The molecule has 0 unspecified atom stereocenters. The number of carbonyl (C=O) groups is 2. The number of benzene rings is 2. The van der Waals surface area contributed by atoms with Gasteiger partial charge in [-0.15, -0.1) is 0 Å². The summed E-state index contributed by atoms with van der Waals surface area (Å²) in [5.41, 5.74) is 3.01. The summed E-state index contributed by atoms with van der Waals surface area (Å²) in [6.07, 6.45) is 5.12.